The van der Waals surface area contributed by atoms with Crippen LogP contribution in [0, 0.1) is 0 Å². The van der Waals surface area contributed by atoms with Crippen LogP contribution in [0.1, 0.15) is 23.3 Å². The number of fused-ring (bicyclic) bond motifs is 1. The molecule has 0 radical (unpaired) electrons. The van der Waals surface area contributed by atoms with Crippen molar-refractivity contribution >= 4 is 28.8 Å². The number of hydrogen-bond donors (Lipinski definition) is 1. The number of thiophene rings is 1. The monoisotopic (exact) mass is 344 g/mol. The zero-order valence-corrected chi connectivity index (χ0v) is 14.4. The molecule has 6 heteroatoms. The van der Waals surface area contributed by atoms with Crippen LogP contribution in [0.3, 0.4) is 0 Å². The smallest absolute Gasteiger partial charge is 0.230 e. The lowest BCUT2D eigenvalue weighted by molar-refractivity contribution is -0.121. The minimum atomic E-state index is 0.0269. The Kier molecular flexibility index (Phi) is 5.15. The Morgan fingerprint density at radius 1 is 1.38 bits per heavy atom. The molecule has 0 saturated heterocycles. The largest absolute Gasteiger partial charge is 0.491 e. The highest BCUT2D eigenvalue weighted by Crippen LogP contribution is 2.31. The first-order valence-corrected chi connectivity index (χ1v) is 8.83. The van der Waals surface area contributed by atoms with Crippen molar-refractivity contribution in [3.8, 4) is 5.75 Å². The summed E-state index contributed by atoms with van der Waals surface area (Å²) in [5, 5.41) is 4.95. The molecular weight excluding hydrogens is 324 g/mol. The van der Waals surface area contributed by atoms with Crippen LogP contribution in [0.25, 0.3) is 0 Å². The maximum Gasteiger partial charge on any atom is 0.230 e. The summed E-state index contributed by atoms with van der Waals surface area (Å²) in [7, 11) is 1.75. The Hall–Kier alpha value is -2.34. The highest BCUT2D eigenvalue weighted by Gasteiger charge is 2.20. The minimum Gasteiger partial charge on any atom is -0.491 e. The van der Waals surface area contributed by atoms with E-state index in [0.717, 1.165) is 17.7 Å². The van der Waals surface area contributed by atoms with Gasteiger partial charge < -0.3 is 15.0 Å². The third kappa shape index (κ3) is 3.94. The van der Waals surface area contributed by atoms with E-state index in [0.29, 0.717) is 31.7 Å². The molecule has 0 fully saturated rings. The number of aryl methyl sites for hydroxylation is 1. The van der Waals surface area contributed by atoms with E-state index in [-0.39, 0.29) is 11.8 Å². The summed E-state index contributed by atoms with van der Waals surface area (Å²) in [6.45, 7) is 0.841. The number of hydrogen-bond acceptors (Lipinski definition) is 4. The predicted molar refractivity (Wildman–Crippen MR) is 94.5 cm³/mol. The molecule has 1 aromatic heterocycles. The Morgan fingerprint density at radius 2 is 2.25 bits per heavy atom. The van der Waals surface area contributed by atoms with Crippen LogP contribution in [0.15, 0.2) is 35.7 Å². The number of nitrogens with one attached hydrogen (secondary N) is 1. The van der Waals surface area contributed by atoms with Crippen LogP contribution in [0.2, 0.25) is 0 Å². The highest BCUT2D eigenvalue weighted by molar-refractivity contribution is 7.09. The number of rotatable bonds is 5. The molecule has 0 atom stereocenters. The van der Waals surface area contributed by atoms with E-state index >= 15 is 0 Å². The second-order valence-corrected chi connectivity index (χ2v) is 6.74. The molecule has 2 heterocycles. The van der Waals surface area contributed by atoms with Gasteiger partial charge in [-0.15, -0.1) is 11.3 Å². The molecule has 1 aliphatic rings. The first-order valence-electron chi connectivity index (χ1n) is 7.95. The molecule has 0 unspecified atom stereocenters. The van der Waals surface area contributed by atoms with E-state index in [1.54, 1.807) is 23.3 Å². The normalized spacial score (nSPS) is 13.9. The van der Waals surface area contributed by atoms with Gasteiger partial charge in [0.25, 0.3) is 0 Å². The number of nitrogens with zero attached hydrogens (tertiary/aromatic N) is 1. The average molecular weight is 344 g/mol. The quantitative estimate of drug-likeness (QED) is 0.907. The number of carbonyl (C=O) groups is 2. The fraction of sp³-hybridized carbons (Fsp3) is 0.333. The van der Waals surface area contributed by atoms with Gasteiger partial charge in [0.05, 0.1) is 18.7 Å². The highest BCUT2D eigenvalue weighted by atomic mass is 32.1. The number of benzene rings is 1. The fourth-order valence-electron chi connectivity index (χ4n) is 2.59. The number of ether oxygens (including phenoxy) is 1. The van der Waals surface area contributed by atoms with Crippen molar-refractivity contribution < 1.29 is 14.3 Å². The maximum absolute atomic E-state index is 12.0. The number of carbonyl (C=O) groups excluding carboxylic acids is 2. The fourth-order valence-corrected chi connectivity index (χ4v) is 3.30. The molecule has 5 nitrogen and oxygen atoms in total. The molecule has 126 valence electrons. The summed E-state index contributed by atoms with van der Waals surface area (Å²) in [4.78, 5) is 26.7. The van der Waals surface area contributed by atoms with Crippen LogP contribution < -0.4 is 15.0 Å². The summed E-state index contributed by atoms with van der Waals surface area (Å²) < 4.78 is 5.60. The van der Waals surface area contributed by atoms with Gasteiger partial charge in [-0.2, -0.15) is 0 Å². The van der Waals surface area contributed by atoms with Crippen LogP contribution in [0.5, 0.6) is 5.75 Å². The molecule has 1 aliphatic heterocycles. The molecular formula is C18H20N2O3S. The predicted octanol–water partition coefficient (Wildman–Crippen LogP) is 2.74. The molecule has 0 saturated carbocycles. The third-order valence-corrected chi connectivity index (χ3v) is 4.94. The second-order valence-electron chi connectivity index (χ2n) is 5.71. The summed E-state index contributed by atoms with van der Waals surface area (Å²) in [6, 6.07) is 9.71. The summed E-state index contributed by atoms with van der Waals surface area (Å²) >= 11 is 1.67. The van der Waals surface area contributed by atoms with Gasteiger partial charge in [0.1, 0.15) is 5.75 Å². The Morgan fingerprint density at radius 3 is 3.04 bits per heavy atom. The van der Waals surface area contributed by atoms with Crippen molar-refractivity contribution in [2.45, 2.75) is 25.8 Å². The first-order chi connectivity index (χ1) is 11.6. The van der Waals surface area contributed by atoms with Crippen molar-refractivity contribution in [2.75, 3.05) is 18.6 Å². The molecule has 0 aliphatic carbocycles. The standard InChI is InChI=1S/C18H20N2O3S/c1-20-15-11-13(4-6-16(15)23-9-8-18(20)22)12-19-17(21)7-5-14-3-2-10-24-14/h2-4,6,10-11H,5,7-9,12H2,1H3,(H,19,21). The van der Waals surface area contributed by atoms with Crippen LogP contribution >= 0.6 is 11.3 Å². The van der Waals surface area contributed by atoms with Gasteiger partial charge in [-0.25, -0.2) is 0 Å². The zero-order chi connectivity index (χ0) is 16.9. The lowest BCUT2D eigenvalue weighted by Crippen LogP contribution is -2.26. The Labute approximate surface area is 145 Å². The van der Waals surface area contributed by atoms with E-state index in [9.17, 15) is 9.59 Å². The number of amides is 2. The van der Waals surface area contributed by atoms with Crippen molar-refractivity contribution in [2.24, 2.45) is 0 Å². The zero-order valence-electron chi connectivity index (χ0n) is 13.6. The summed E-state index contributed by atoms with van der Waals surface area (Å²) in [5.74, 6) is 0.765. The van der Waals surface area contributed by atoms with Crippen molar-refractivity contribution in [1.29, 1.82) is 0 Å². The molecule has 0 bridgehead atoms. The lowest BCUT2D eigenvalue weighted by Gasteiger charge is -2.17. The van der Waals surface area contributed by atoms with E-state index in [2.05, 4.69) is 5.32 Å². The van der Waals surface area contributed by atoms with E-state index in [1.807, 2.05) is 35.7 Å². The van der Waals surface area contributed by atoms with E-state index < -0.39 is 0 Å². The van der Waals surface area contributed by atoms with Crippen molar-refractivity contribution in [3.63, 3.8) is 0 Å². The number of anilines is 1. The molecule has 3 rings (SSSR count). The van der Waals surface area contributed by atoms with Gasteiger partial charge in [-0.1, -0.05) is 12.1 Å². The molecule has 1 aromatic carbocycles. The van der Waals surface area contributed by atoms with Gasteiger partial charge in [-0.05, 0) is 35.6 Å². The molecule has 2 amide bonds. The lowest BCUT2D eigenvalue weighted by atomic mass is 10.1. The minimum absolute atomic E-state index is 0.0269. The summed E-state index contributed by atoms with van der Waals surface area (Å²) in [6.07, 6.45) is 1.62. The SMILES string of the molecule is CN1C(=O)CCOc2ccc(CNC(=O)CCc3cccs3)cc21. The topological polar surface area (TPSA) is 58.6 Å². The van der Waals surface area contributed by atoms with Crippen LogP contribution in [-0.4, -0.2) is 25.5 Å². The van der Waals surface area contributed by atoms with Gasteiger partial charge in [0, 0.05) is 24.9 Å². The Balaban J connectivity index is 1.58. The van der Waals surface area contributed by atoms with Crippen LogP contribution in [0.4, 0.5) is 5.69 Å². The van der Waals surface area contributed by atoms with E-state index in [4.69, 9.17) is 4.74 Å². The Bertz CT molecular complexity index is 728. The van der Waals surface area contributed by atoms with Crippen molar-refractivity contribution in [1.82, 2.24) is 5.32 Å². The average Bonchev–Trinajstić information content (AvgIpc) is 3.07. The molecule has 2 aromatic rings. The van der Waals surface area contributed by atoms with Gasteiger partial charge in [0.15, 0.2) is 0 Å². The van der Waals surface area contributed by atoms with Crippen LogP contribution in [-0.2, 0) is 22.6 Å². The molecule has 1 N–H and O–H groups in total. The second kappa shape index (κ2) is 7.49. The van der Waals surface area contributed by atoms with Crippen molar-refractivity contribution in [3.05, 3.63) is 46.2 Å². The van der Waals surface area contributed by atoms with Gasteiger partial charge in [-0.3, -0.25) is 9.59 Å². The van der Waals surface area contributed by atoms with E-state index in [1.165, 1.54) is 4.88 Å². The molecule has 24 heavy (non-hydrogen) atoms. The van der Waals surface area contributed by atoms with Gasteiger partial charge in [0.2, 0.25) is 11.8 Å². The first kappa shape index (κ1) is 16.5. The molecule has 0 spiro atoms. The summed E-state index contributed by atoms with van der Waals surface area (Å²) in [5.41, 5.74) is 1.70. The van der Waals surface area contributed by atoms with Gasteiger partial charge >= 0.3 is 0 Å². The third-order valence-electron chi connectivity index (χ3n) is 4.00. The maximum atomic E-state index is 12.0.